The van der Waals surface area contributed by atoms with Crippen molar-refractivity contribution in [1.29, 1.82) is 5.41 Å². The number of aromatic nitrogens is 3. The zero-order valence-corrected chi connectivity index (χ0v) is 17.4. The Kier molecular flexibility index (Phi) is 5.69. The second-order valence-electron chi connectivity index (χ2n) is 7.55. The van der Waals surface area contributed by atoms with Gasteiger partial charge in [0.05, 0.1) is 17.5 Å². The molecule has 30 heavy (non-hydrogen) atoms. The summed E-state index contributed by atoms with van der Waals surface area (Å²) in [7, 11) is 1.77. The average Bonchev–Trinajstić information content (AvgIpc) is 3.18. The van der Waals surface area contributed by atoms with Crippen molar-refractivity contribution >= 4 is 40.1 Å². The number of carbonyl (C=O) groups excluding carboxylic acids is 1. The number of hydrogen-bond donors (Lipinski definition) is 5. The molecule has 8 nitrogen and oxygen atoms in total. The largest absolute Gasteiger partial charge is 0.388 e. The number of benzene rings is 1. The van der Waals surface area contributed by atoms with E-state index in [-0.39, 0.29) is 23.7 Å². The van der Waals surface area contributed by atoms with Gasteiger partial charge in [0, 0.05) is 41.6 Å². The lowest BCUT2D eigenvalue weighted by Crippen LogP contribution is -2.40. The van der Waals surface area contributed by atoms with E-state index in [9.17, 15) is 4.79 Å². The van der Waals surface area contributed by atoms with Gasteiger partial charge in [0.1, 0.15) is 11.2 Å². The number of rotatable bonds is 5. The Hall–Kier alpha value is -2.97. The van der Waals surface area contributed by atoms with Crippen molar-refractivity contribution in [3.05, 3.63) is 52.4 Å². The zero-order valence-electron chi connectivity index (χ0n) is 16.6. The van der Waals surface area contributed by atoms with Crippen LogP contribution in [-0.4, -0.2) is 45.7 Å². The van der Waals surface area contributed by atoms with Crippen LogP contribution in [0, 0.1) is 5.41 Å². The highest BCUT2D eigenvalue weighted by Gasteiger charge is 2.23. The molecule has 2 aromatic heterocycles. The van der Waals surface area contributed by atoms with Gasteiger partial charge < -0.3 is 21.4 Å². The zero-order chi connectivity index (χ0) is 21.3. The highest BCUT2D eigenvalue weighted by molar-refractivity contribution is 6.31. The number of fused-ring (bicyclic) bond motifs is 1. The van der Waals surface area contributed by atoms with Gasteiger partial charge in [-0.1, -0.05) is 11.6 Å². The van der Waals surface area contributed by atoms with E-state index in [0.717, 1.165) is 31.4 Å². The number of carbonyl (C=O) groups is 1. The topological polar surface area (TPSA) is 133 Å². The van der Waals surface area contributed by atoms with Gasteiger partial charge in [0.25, 0.3) is 5.91 Å². The number of nitrogens with one attached hydrogen (secondary N) is 4. The van der Waals surface area contributed by atoms with Crippen molar-refractivity contribution in [2.24, 2.45) is 5.73 Å². The number of amides is 1. The first-order valence-corrected chi connectivity index (χ1v) is 10.3. The average molecular weight is 426 g/mol. The van der Waals surface area contributed by atoms with Crippen molar-refractivity contribution in [2.75, 3.05) is 12.4 Å². The number of halogens is 1. The molecule has 3 aromatic rings. The van der Waals surface area contributed by atoms with Crippen LogP contribution in [0.2, 0.25) is 5.02 Å². The number of anilines is 1. The molecule has 0 atom stereocenters. The van der Waals surface area contributed by atoms with Gasteiger partial charge in [-0.25, -0.2) is 9.97 Å². The Morgan fingerprint density at radius 3 is 2.77 bits per heavy atom. The quantitative estimate of drug-likeness (QED) is 0.400. The molecule has 9 heteroatoms. The summed E-state index contributed by atoms with van der Waals surface area (Å²) in [4.78, 5) is 24.8. The predicted octanol–water partition coefficient (Wildman–Crippen LogP) is 3.07. The fourth-order valence-corrected chi connectivity index (χ4v) is 3.96. The molecule has 1 amide bonds. The van der Waals surface area contributed by atoms with Gasteiger partial charge in [-0.3, -0.25) is 10.2 Å². The maximum absolute atomic E-state index is 12.9. The first-order chi connectivity index (χ1) is 14.5. The van der Waals surface area contributed by atoms with Crippen LogP contribution < -0.4 is 16.4 Å². The Labute approximate surface area is 179 Å². The molecule has 1 aromatic carbocycles. The van der Waals surface area contributed by atoms with Crippen LogP contribution >= 0.6 is 11.6 Å². The second kappa shape index (κ2) is 8.41. The fraction of sp³-hybridized carbons (Fsp3) is 0.333. The van der Waals surface area contributed by atoms with E-state index < -0.39 is 0 Å². The summed E-state index contributed by atoms with van der Waals surface area (Å²) in [5.41, 5.74) is 9.26. The minimum absolute atomic E-state index is 0.115. The number of nitrogens with two attached hydrogens (primary N) is 1. The third kappa shape index (κ3) is 4.01. The number of aromatic amines is 1. The van der Waals surface area contributed by atoms with E-state index in [0.29, 0.717) is 33.0 Å². The minimum atomic E-state index is -0.192. The Bertz CT molecular complexity index is 1100. The monoisotopic (exact) mass is 425 g/mol. The molecular weight excluding hydrogens is 402 g/mol. The number of H-pyrrole nitrogens is 1. The molecule has 0 unspecified atom stereocenters. The smallest absolute Gasteiger partial charge is 0.255 e. The van der Waals surface area contributed by atoms with Crippen LogP contribution in [-0.2, 0) is 0 Å². The van der Waals surface area contributed by atoms with E-state index in [4.69, 9.17) is 22.7 Å². The summed E-state index contributed by atoms with van der Waals surface area (Å²) in [6.45, 7) is 0. The molecule has 0 spiro atoms. The molecule has 1 aliphatic rings. The van der Waals surface area contributed by atoms with Gasteiger partial charge in [-0.2, -0.15) is 0 Å². The third-order valence-corrected chi connectivity index (χ3v) is 5.74. The molecule has 4 rings (SSSR count). The van der Waals surface area contributed by atoms with Crippen LogP contribution in [0.5, 0.6) is 0 Å². The lowest BCUT2D eigenvalue weighted by molar-refractivity contribution is 0.0927. The van der Waals surface area contributed by atoms with E-state index in [1.54, 1.807) is 31.4 Å². The highest BCUT2D eigenvalue weighted by atomic mass is 35.5. The lowest BCUT2D eigenvalue weighted by atomic mass is 9.92. The molecule has 6 N–H and O–H groups in total. The van der Waals surface area contributed by atoms with Gasteiger partial charge in [0.15, 0.2) is 5.65 Å². The van der Waals surface area contributed by atoms with Crippen molar-refractivity contribution in [3.8, 4) is 0 Å². The molecule has 1 saturated carbocycles. The highest BCUT2D eigenvalue weighted by Crippen LogP contribution is 2.24. The molecule has 0 bridgehead atoms. The predicted molar refractivity (Wildman–Crippen MR) is 119 cm³/mol. The van der Waals surface area contributed by atoms with Gasteiger partial charge >= 0.3 is 0 Å². The SMILES string of the molecule is CNc1cc(Cl)ccc1C(=N)c1cnc2[nH]cc(C(=O)NC3CCC(N)CC3)c2n1. The number of nitrogens with zero attached hydrogens (tertiary/aromatic N) is 2. The second-order valence-corrected chi connectivity index (χ2v) is 7.99. The van der Waals surface area contributed by atoms with E-state index in [1.807, 2.05) is 0 Å². The molecule has 0 radical (unpaired) electrons. The maximum Gasteiger partial charge on any atom is 0.255 e. The molecule has 156 valence electrons. The van der Waals surface area contributed by atoms with Crippen LogP contribution in [0.4, 0.5) is 5.69 Å². The Balaban J connectivity index is 1.61. The van der Waals surface area contributed by atoms with E-state index in [2.05, 4.69) is 25.6 Å². The molecule has 1 fully saturated rings. The summed E-state index contributed by atoms with van der Waals surface area (Å²) < 4.78 is 0. The maximum atomic E-state index is 12.9. The van der Waals surface area contributed by atoms with E-state index >= 15 is 0 Å². The Morgan fingerprint density at radius 1 is 1.27 bits per heavy atom. The number of hydrogen-bond acceptors (Lipinski definition) is 6. The van der Waals surface area contributed by atoms with Crippen molar-refractivity contribution < 1.29 is 4.79 Å². The molecule has 0 aliphatic heterocycles. The summed E-state index contributed by atoms with van der Waals surface area (Å²) in [5, 5.41) is 15.3. The first kappa shape index (κ1) is 20.3. The summed E-state index contributed by atoms with van der Waals surface area (Å²) in [6, 6.07) is 5.58. The molecule has 0 saturated heterocycles. The minimum Gasteiger partial charge on any atom is -0.388 e. The lowest BCUT2D eigenvalue weighted by Gasteiger charge is -2.26. The first-order valence-electron chi connectivity index (χ1n) is 9.93. The van der Waals surface area contributed by atoms with Gasteiger partial charge in [0.2, 0.25) is 0 Å². The molecule has 1 aliphatic carbocycles. The van der Waals surface area contributed by atoms with E-state index in [1.165, 1.54) is 6.20 Å². The standard InChI is InChI=1S/C21H24ClN7O/c1-25-16-8-11(22)2-7-14(16)18(24)17-10-27-20-19(29-17)15(9-26-20)21(30)28-13-5-3-12(23)4-6-13/h2,7-10,12-13,24-25H,3-6,23H2,1H3,(H,26,27)(H,28,30). The summed E-state index contributed by atoms with van der Waals surface area (Å²) >= 11 is 6.06. The van der Waals surface area contributed by atoms with Gasteiger partial charge in [-0.15, -0.1) is 0 Å². The van der Waals surface area contributed by atoms with Crippen LogP contribution in [0.1, 0.15) is 47.3 Å². The summed E-state index contributed by atoms with van der Waals surface area (Å²) in [6.07, 6.45) is 6.72. The Morgan fingerprint density at radius 2 is 2.03 bits per heavy atom. The van der Waals surface area contributed by atoms with Crippen molar-refractivity contribution in [3.63, 3.8) is 0 Å². The van der Waals surface area contributed by atoms with Gasteiger partial charge in [-0.05, 0) is 43.9 Å². The fourth-order valence-electron chi connectivity index (χ4n) is 3.79. The normalized spacial score (nSPS) is 18.9. The van der Waals surface area contributed by atoms with Crippen LogP contribution in [0.15, 0.2) is 30.6 Å². The third-order valence-electron chi connectivity index (χ3n) is 5.51. The molecular formula is C21H24ClN7O. The van der Waals surface area contributed by atoms with Crippen LogP contribution in [0.3, 0.4) is 0 Å². The van der Waals surface area contributed by atoms with Crippen LogP contribution in [0.25, 0.3) is 11.2 Å². The molecule has 2 heterocycles. The van der Waals surface area contributed by atoms with Crippen molar-refractivity contribution in [1.82, 2.24) is 20.3 Å². The summed E-state index contributed by atoms with van der Waals surface area (Å²) in [5.74, 6) is -0.192. The van der Waals surface area contributed by atoms with Crippen molar-refractivity contribution in [2.45, 2.75) is 37.8 Å².